The summed E-state index contributed by atoms with van der Waals surface area (Å²) in [7, 11) is 0. The summed E-state index contributed by atoms with van der Waals surface area (Å²) in [5.74, 6) is 1.41. The van der Waals surface area contributed by atoms with Gasteiger partial charge in [0.1, 0.15) is 11.6 Å². The fourth-order valence-electron chi connectivity index (χ4n) is 2.91. The van der Waals surface area contributed by atoms with Crippen LogP contribution >= 0.6 is 0 Å². The number of fused-ring (bicyclic) bond motifs is 1. The molecular formula is C18H18N6O. The lowest BCUT2D eigenvalue weighted by Gasteiger charge is -2.10. The highest BCUT2D eigenvalue weighted by Gasteiger charge is 2.39. The first-order chi connectivity index (χ1) is 12.0. The fourth-order valence-corrected chi connectivity index (χ4v) is 2.91. The summed E-state index contributed by atoms with van der Waals surface area (Å²) in [5, 5.41) is 4.43. The van der Waals surface area contributed by atoms with E-state index in [1.165, 1.54) is 0 Å². The number of nitrogen functional groups attached to an aromatic ring is 2. The van der Waals surface area contributed by atoms with E-state index in [-0.39, 0.29) is 11.8 Å². The first-order valence-corrected chi connectivity index (χ1v) is 8.10. The van der Waals surface area contributed by atoms with Gasteiger partial charge in [0.05, 0.1) is 5.69 Å². The number of aromatic nitrogens is 3. The minimum absolute atomic E-state index is 0.0121. The Morgan fingerprint density at radius 1 is 1.28 bits per heavy atom. The van der Waals surface area contributed by atoms with Gasteiger partial charge in [-0.25, -0.2) is 9.97 Å². The molecule has 3 aromatic rings. The van der Waals surface area contributed by atoms with Crippen LogP contribution in [0.4, 0.5) is 17.3 Å². The third-order valence-electron chi connectivity index (χ3n) is 4.57. The number of nitrogens with two attached hydrogens (primary N) is 2. The average molecular weight is 334 g/mol. The van der Waals surface area contributed by atoms with Crippen molar-refractivity contribution >= 4 is 34.0 Å². The Bertz CT molecular complexity index is 986. The van der Waals surface area contributed by atoms with Crippen LogP contribution in [-0.4, -0.2) is 20.9 Å². The molecule has 0 spiro atoms. The van der Waals surface area contributed by atoms with Gasteiger partial charge in [-0.1, -0.05) is 6.92 Å². The molecule has 0 saturated heterocycles. The molecule has 1 fully saturated rings. The van der Waals surface area contributed by atoms with Crippen LogP contribution in [-0.2, 0) is 4.79 Å². The summed E-state index contributed by atoms with van der Waals surface area (Å²) in [5.41, 5.74) is 14.0. The van der Waals surface area contributed by atoms with Gasteiger partial charge < -0.3 is 16.8 Å². The highest BCUT2D eigenvalue weighted by atomic mass is 16.2. The molecule has 7 heteroatoms. The van der Waals surface area contributed by atoms with Crippen molar-refractivity contribution in [1.82, 2.24) is 15.0 Å². The second-order valence-corrected chi connectivity index (χ2v) is 6.46. The van der Waals surface area contributed by atoms with Crippen LogP contribution in [0.15, 0.2) is 36.8 Å². The normalized spacial score (nSPS) is 18.9. The van der Waals surface area contributed by atoms with E-state index in [0.29, 0.717) is 34.5 Å². The second kappa shape index (κ2) is 5.70. The molecule has 7 nitrogen and oxygen atoms in total. The third-order valence-corrected chi connectivity index (χ3v) is 4.57. The molecule has 1 aliphatic carbocycles. The van der Waals surface area contributed by atoms with Gasteiger partial charge >= 0.3 is 0 Å². The third kappa shape index (κ3) is 2.84. The van der Waals surface area contributed by atoms with E-state index >= 15 is 0 Å². The smallest absolute Gasteiger partial charge is 0.228 e. The van der Waals surface area contributed by atoms with Gasteiger partial charge in [0.2, 0.25) is 5.91 Å². The maximum atomic E-state index is 12.1. The Kier molecular flexibility index (Phi) is 3.49. The summed E-state index contributed by atoms with van der Waals surface area (Å²) >= 11 is 0. The Balaban J connectivity index is 1.73. The molecule has 0 bridgehead atoms. The van der Waals surface area contributed by atoms with Crippen LogP contribution in [0.3, 0.4) is 0 Å². The van der Waals surface area contributed by atoms with Gasteiger partial charge in [-0.3, -0.25) is 9.78 Å². The summed E-state index contributed by atoms with van der Waals surface area (Å²) < 4.78 is 0. The molecule has 0 aromatic carbocycles. The number of rotatable bonds is 3. The minimum Gasteiger partial charge on any atom is -0.398 e. The zero-order chi connectivity index (χ0) is 17.6. The van der Waals surface area contributed by atoms with E-state index in [4.69, 9.17) is 11.5 Å². The lowest BCUT2D eigenvalue weighted by Crippen LogP contribution is -2.15. The average Bonchev–Trinajstić information content (AvgIpc) is 3.32. The number of carbonyl (C=O) groups excluding carboxylic acids is 1. The van der Waals surface area contributed by atoms with Crippen LogP contribution < -0.4 is 16.8 Å². The van der Waals surface area contributed by atoms with E-state index in [0.717, 1.165) is 17.2 Å². The monoisotopic (exact) mass is 334 g/mol. The Morgan fingerprint density at radius 2 is 2.08 bits per heavy atom. The molecule has 3 aromatic heterocycles. The Hall–Kier alpha value is -3.22. The van der Waals surface area contributed by atoms with Crippen molar-refractivity contribution < 1.29 is 4.79 Å². The standard InChI is InChI=1S/C18H18N6O/c1-9-4-11(9)18(25)24-16-6-10-5-15(13-7-21-3-2-14(13)19)23-17(20)12(10)8-22-16/h2-3,5-9,11H,4H2,1H3,(H2,19,21)(H2,20,23)(H,22,24,25)/t9-,11+/m0/s1. The fraction of sp³-hybridized carbons (Fsp3) is 0.222. The second-order valence-electron chi connectivity index (χ2n) is 6.46. The highest BCUT2D eigenvalue weighted by molar-refractivity contribution is 5.98. The summed E-state index contributed by atoms with van der Waals surface area (Å²) in [6, 6.07) is 5.39. The molecule has 0 radical (unpaired) electrons. The number of nitrogens with zero attached hydrogens (tertiary/aromatic N) is 3. The Morgan fingerprint density at radius 3 is 2.80 bits per heavy atom. The summed E-state index contributed by atoms with van der Waals surface area (Å²) in [6.45, 7) is 2.06. The SMILES string of the molecule is C[C@H]1C[C@H]1C(=O)Nc1cc2cc(-c3cnccc3N)nc(N)c2cn1. The van der Waals surface area contributed by atoms with Crippen LogP contribution in [0.25, 0.3) is 22.0 Å². The predicted molar refractivity (Wildman–Crippen MR) is 97.5 cm³/mol. The van der Waals surface area contributed by atoms with Gasteiger partial charge in [0.25, 0.3) is 0 Å². The molecule has 1 aliphatic rings. The molecule has 1 amide bonds. The largest absolute Gasteiger partial charge is 0.398 e. The zero-order valence-electron chi connectivity index (χ0n) is 13.7. The van der Waals surface area contributed by atoms with E-state index in [1.54, 1.807) is 30.7 Å². The van der Waals surface area contributed by atoms with Gasteiger partial charge in [-0.05, 0) is 35.9 Å². The molecule has 0 unspecified atom stereocenters. The van der Waals surface area contributed by atoms with Crippen molar-refractivity contribution in [3.05, 3.63) is 36.8 Å². The van der Waals surface area contributed by atoms with Gasteiger partial charge in [-0.2, -0.15) is 0 Å². The number of anilines is 3. The maximum absolute atomic E-state index is 12.1. The van der Waals surface area contributed by atoms with Crippen LogP contribution in [0.1, 0.15) is 13.3 Å². The molecule has 4 rings (SSSR count). The Labute approximate surface area is 144 Å². The van der Waals surface area contributed by atoms with Crippen molar-refractivity contribution in [3.8, 4) is 11.3 Å². The maximum Gasteiger partial charge on any atom is 0.228 e. The number of pyridine rings is 3. The minimum atomic E-state index is 0.0121. The van der Waals surface area contributed by atoms with Crippen molar-refractivity contribution in [3.63, 3.8) is 0 Å². The van der Waals surface area contributed by atoms with Crippen molar-refractivity contribution in [2.24, 2.45) is 11.8 Å². The number of hydrogen-bond donors (Lipinski definition) is 3. The van der Waals surface area contributed by atoms with Gasteiger partial charge in [0.15, 0.2) is 0 Å². The van der Waals surface area contributed by atoms with E-state index in [1.807, 2.05) is 6.07 Å². The molecule has 5 N–H and O–H groups in total. The lowest BCUT2D eigenvalue weighted by atomic mass is 10.1. The molecular weight excluding hydrogens is 316 g/mol. The van der Waals surface area contributed by atoms with Gasteiger partial charge in [0, 0.05) is 41.1 Å². The van der Waals surface area contributed by atoms with E-state index in [2.05, 4.69) is 27.2 Å². The zero-order valence-corrected chi connectivity index (χ0v) is 13.7. The molecule has 25 heavy (non-hydrogen) atoms. The number of hydrogen-bond acceptors (Lipinski definition) is 6. The summed E-state index contributed by atoms with van der Waals surface area (Å²) in [4.78, 5) is 24.9. The predicted octanol–water partition coefficient (Wildman–Crippen LogP) is 2.45. The first-order valence-electron chi connectivity index (χ1n) is 8.10. The van der Waals surface area contributed by atoms with E-state index < -0.39 is 0 Å². The first kappa shape index (κ1) is 15.3. The van der Waals surface area contributed by atoms with Crippen LogP contribution in [0.2, 0.25) is 0 Å². The molecule has 1 saturated carbocycles. The molecule has 2 atom stereocenters. The quantitative estimate of drug-likeness (QED) is 0.676. The van der Waals surface area contributed by atoms with Gasteiger partial charge in [-0.15, -0.1) is 0 Å². The molecule has 0 aliphatic heterocycles. The van der Waals surface area contributed by atoms with Crippen molar-refractivity contribution in [2.45, 2.75) is 13.3 Å². The van der Waals surface area contributed by atoms with Crippen molar-refractivity contribution in [1.29, 1.82) is 0 Å². The number of amides is 1. The van der Waals surface area contributed by atoms with E-state index in [9.17, 15) is 4.79 Å². The van der Waals surface area contributed by atoms with Crippen LogP contribution in [0.5, 0.6) is 0 Å². The molecule has 3 heterocycles. The van der Waals surface area contributed by atoms with Crippen molar-refractivity contribution in [2.75, 3.05) is 16.8 Å². The lowest BCUT2D eigenvalue weighted by molar-refractivity contribution is -0.117. The van der Waals surface area contributed by atoms with Crippen LogP contribution in [0, 0.1) is 11.8 Å². The topological polar surface area (TPSA) is 120 Å². The number of nitrogens with one attached hydrogen (secondary N) is 1. The molecule has 126 valence electrons. The number of carbonyl (C=O) groups is 1. The highest BCUT2D eigenvalue weighted by Crippen LogP contribution is 2.38. The summed E-state index contributed by atoms with van der Waals surface area (Å²) in [6.07, 6.45) is 5.83.